The number of carbonyl (C=O) groups is 1. The van der Waals surface area contributed by atoms with Gasteiger partial charge in [-0.2, -0.15) is 5.10 Å². The highest BCUT2D eigenvalue weighted by Crippen LogP contribution is 2.24. The molecule has 1 aromatic heterocycles. The summed E-state index contributed by atoms with van der Waals surface area (Å²) in [7, 11) is -2.50. The van der Waals surface area contributed by atoms with Crippen LogP contribution in [0.15, 0.2) is 59.8 Å². The molecule has 1 heterocycles. The minimum Gasteiger partial charge on any atom is -0.496 e. The van der Waals surface area contributed by atoms with Crippen molar-refractivity contribution in [1.29, 1.82) is 0 Å². The lowest BCUT2D eigenvalue weighted by Gasteiger charge is -2.12. The van der Waals surface area contributed by atoms with Crippen LogP contribution < -0.4 is 15.2 Å². The number of nitrogens with one attached hydrogen (secondary N) is 1. The van der Waals surface area contributed by atoms with Gasteiger partial charge in [0, 0.05) is 17.4 Å². The first-order valence-electron chi connectivity index (χ1n) is 8.94. The zero-order valence-electron chi connectivity index (χ0n) is 16.1. The molecule has 0 aliphatic rings. The van der Waals surface area contributed by atoms with E-state index in [1.807, 2.05) is 19.1 Å². The SMILES string of the molecule is CCc1cnn(-c2ccc(NC(=O)Cc3ccccc3OC)cc2S(N)(=O)=O)c1. The molecule has 0 saturated heterocycles. The van der Waals surface area contributed by atoms with Crippen LogP contribution in [0.2, 0.25) is 0 Å². The van der Waals surface area contributed by atoms with Crippen molar-refractivity contribution in [3.8, 4) is 11.4 Å². The second-order valence-corrected chi connectivity index (χ2v) is 7.94. The molecule has 1 amide bonds. The Bertz CT molecular complexity index is 1140. The molecule has 8 nitrogen and oxygen atoms in total. The van der Waals surface area contributed by atoms with E-state index in [9.17, 15) is 13.2 Å². The number of aromatic nitrogens is 2. The van der Waals surface area contributed by atoms with Gasteiger partial charge in [0.05, 0.1) is 25.4 Å². The van der Waals surface area contributed by atoms with Crippen molar-refractivity contribution in [1.82, 2.24) is 9.78 Å². The Morgan fingerprint density at radius 1 is 1.24 bits per heavy atom. The highest BCUT2D eigenvalue weighted by atomic mass is 32.2. The van der Waals surface area contributed by atoms with E-state index >= 15 is 0 Å². The molecule has 152 valence electrons. The number of nitrogens with two attached hydrogens (primary N) is 1. The average molecular weight is 414 g/mol. The lowest BCUT2D eigenvalue weighted by molar-refractivity contribution is -0.115. The number of sulfonamides is 1. The quantitative estimate of drug-likeness (QED) is 0.615. The van der Waals surface area contributed by atoms with Crippen molar-refractivity contribution >= 4 is 21.6 Å². The molecule has 3 aromatic rings. The summed E-state index contributed by atoms with van der Waals surface area (Å²) in [6, 6.07) is 11.7. The lowest BCUT2D eigenvalue weighted by Crippen LogP contribution is -2.18. The second kappa shape index (κ2) is 8.46. The maximum absolute atomic E-state index is 12.4. The molecule has 0 spiro atoms. The molecular weight excluding hydrogens is 392 g/mol. The van der Waals surface area contributed by atoms with E-state index in [0.717, 1.165) is 17.5 Å². The number of methoxy groups -OCH3 is 1. The molecule has 0 fully saturated rings. The summed E-state index contributed by atoms with van der Waals surface area (Å²) < 4.78 is 31.0. The van der Waals surface area contributed by atoms with Gasteiger partial charge in [0.15, 0.2) is 0 Å². The van der Waals surface area contributed by atoms with Crippen LogP contribution in [0, 0.1) is 0 Å². The summed E-state index contributed by atoms with van der Waals surface area (Å²) in [6.45, 7) is 1.97. The summed E-state index contributed by atoms with van der Waals surface area (Å²) in [5.41, 5.74) is 2.31. The summed E-state index contributed by atoms with van der Waals surface area (Å²) >= 11 is 0. The van der Waals surface area contributed by atoms with Gasteiger partial charge < -0.3 is 10.1 Å². The van der Waals surface area contributed by atoms with Crippen LogP contribution in [0.3, 0.4) is 0 Å². The van der Waals surface area contributed by atoms with Crippen molar-refractivity contribution < 1.29 is 17.9 Å². The van der Waals surface area contributed by atoms with Crippen molar-refractivity contribution in [3.63, 3.8) is 0 Å². The number of carbonyl (C=O) groups excluding carboxylic acids is 1. The Morgan fingerprint density at radius 3 is 2.66 bits per heavy atom. The van der Waals surface area contributed by atoms with Crippen LogP contribution in [-0.2, 0) is 27.7 Å². The number of primary sulfonamides is 1. The van der Waals surface area contributed by atoms with Gasteiger partial charge in [-0.25, -0.2) is 18.2 Å². The van der Waals surface area contributed by atoms with Gasteiger partial charge in [-0.1, -0.05) is 25.1 Å². The van der Waals surface area contributed by atoms with Gasteiger partial charge in [0.25, 0.3) is 0 Å². The molecule has 0 atom stereocenters. The molecule has 3 rings (SSSR count). The Morgan fingerprint density at radius 2 is 2.00 bits per heavy atom. The van der Waals surface area contributed by atoms with Crippen LogP contribution in [0.25, 0.3) is 5.69 Å². The summed E-state index contributed by atoms with van der Waals surface area (Å²) in [5, 5.41) is 12.3. The Hall–Kier alpha value is -3.17. The van der Waals surface area contributed by atoms with Crippen LogP contribution in [0.1, 0.15) is 18.1 Å². The molecule has 0 bridgehead atoms. The van der Waals surface area contributed by atoms with Gasteiger partial charge in [-0.3, -0.25) is 4.79 Å². The number of aryl methyl sites for hydroxylation is 1. The Kier molecular flexibility index (Phi) is 6.00. The van der Waals surface area contributed by atoms with E-state index in [0.29, 0.717) is 17.1 Å². The highest BCUT2D eigenvalue weighted by Gasteiger charge is 2.18. The second-order valence-electron chi connectivity index (χ2n) is 6.41. The maximum Gasteiger partial charge on any atom is 0.240 e. The normalized spacial score (nSPS) is 11.3. The number of para-hydroxylation sites is 1. The fourth-order valence-corrected chi connectivity index (χ4v) is 3.65. The molecule has 0 aliphatic carbocycles. The van der Waals surface area contributed by atoms with Crippen LogP contribution in [0.5, 0.6) is 5.75 Å². The summed E-state index contributed by atoms with van der Waals surface area (Å²) in [4.78, 5) is 12.3. The van der Waals surface area contributed by atoms with Crippen molar-refractivity contribution in [2.24, 2.45) is 5.14 Å². The van der Waals surface area contributed by atoms with Crippen molar-refractivity contribution in [2.45, 2.75) is 24.7 Å². The molecule has 0 saturated carbocycles. The third-order valence-corrected chi connectivity index (χ3v) is 5.32. The van der Waals surface area contributed by atoms with Gasteiger partial charge >= 0.3 is 0 Å². The molecular formula is C20H22N4O4S. The number of hydrogen-bond donors (Lipinski definition) is 2. The third-order valence-electron chi connectivity index (χ3n) is 4.38. The largest absolute Gasteiger partial charge is 0.496 e. The van der Waals surface area contributed by atoms with Gasteiger partial charge in [-0.05, 0) is 36.2 Å². The molecule has 3 N–H and O–H groups in total. The molecule has 9 heteroatoms. The molecule has 29 heavy (non-hydrogen) atoms. The molecule has 0 unspecified atom stereocenters. The van der Waals surface area contributed by atoms with Crippen molar-refractivity contribution in [2.75, 3.05) is 12.4 Å². The van der Waals surface area contributed by atoms with Gasteiger partial charge in [0.2, 0.25) is 15.9 Å². The van der Waals surface area contributed by atoms with E-state index in [2.05, 4.69) is 10.4 Å². The Labute approximate surface area is 169 Å². The predicted octanol–water partition coefficient (Wildman–Crippen LogP) is 2.27. The zero-order valence-corrected chi connectivity index (χ0v) is 16.9. The number of rotatable bonds is 7. The number of anilines is 1. The Balaban J connectivity index is 1.88. The van der Waals surface area contributed by atoms with E-state index in [1.54, 1.807) is 36.7 Å². The first-order chi connectivity index (χ1) is 13.8. The number of ether oxygens (including phenoxy) is 1. The van der Waals surface area contributed by atoms with E-state index in [-0.39, 0.29) is 17.2 Å². The van der Waals surface area contributed by atoms with Gasteiger partial charge in [-0.15, -0.1) is 0 Å². The van der Waals surface area contributed by atoms with Crippen molar-refractivity contribution in [3.05, 3.63) is 66.0 Å². The fraction of sp³-hybridized carbons (Fsp3) is 0.200. The number of nitrogens with zero attached hydrogens (tertiary/aromatic N) is 2. The topological polar surface area (TPSA) is 116 Å². The van der Waals surface area contributed by atoms with Crippen LogP contribution in [-0.4, -0.2) is 31.2 Å². The van der Waals surface area contributed by atoms with Gasteiger partial charge in [0.1, 0.15) is 10.6 Å². The predicted molar refractivity (Wildman–Crippen MR) is 110 cm³/mol. The number of amides is 1. The standard InChI is InChI=1S/C20H22N4O4S/c1-3-14-12-22-24(13-14)17-9-8-16(11-19(17)29(21,26)27)23-20(25)10-15-6-4-5-7-18(15)28-2/h4-9,11-13H,3,10H2,1-2H3,(H,23,25)(H2,21,26,27). The minimum atomic E-state index is -4.04. The third kappa shape index (κ3) is 4.82. The van der Waals surface area contributed by atoms with Crippen LogP contribution in [0.4, 0.5) is 5.69 Å². The monoisotopic (exact) mass is 414 g/mol. The fourth-order valence-electron chi connectivity index (χ4n) is 2.91. The lowest BCUT2D eigenvalue weighted by atomic mass is 10.1. The molecule has 2 aromatic carbocycles. The summed E-state index contributed by atoms with van der Waals surface area (Å²) in [5.74, 6) is 0.295. The smallest absolute Gasteiger partial charge is 0.240 e. The van der Waals surface area contributed by atoms with E-state index < -0.39 is 10.0 Å². The first kappa shape index (κ1) is 20.6. The number of benzene rings is 2. The van der Waals surface area contributed by atoms with Crippen LogP contribution >= 0.6 is 0 Å². The first-order valence-corrected chi connectivity index (χ1v) is 10.5. The minimum absolute atomic E-state index is 0.0789. The molecule has 0 radical (unpaired) electrons. The summed E-state index contributed by atoms with van der Waals surface area (Å²) in [6.07, 6.45) is 4.25. The van der Waals surface area contributed by atoms with E-state index in [1.165, 1.54) is 17.9 Å². The van der Waals surface area contributed by atoms with E-state index in [4.69, 9.17) is 9.88 Å². The highest BCUT2D eigenvalue weighted by molar-refractivity contribution is 7.89. The number of hydrogen-bond acceptors (Lipinski definition) is 5. The average Bonchev–Trinajstić information content (AvgIpc) is 3.17. The molecule has 0 aliphatic heterocycles. The maximum atomic E-state index is 12.4. The zero-order chi connectivity index (χ0) is 21.0.